The van der Waals surface area contributed by atoms with Crippen LogP contribution in [0.5, 0.6) is 0 Å². The summed E-state index contributed by atoms with van der Waals surface area (Å²) in [6, 6.07) is 0. The molecule has 0 bridgehead atoms. The minimum Gasteiger partial charge on any atom is -0.409 e. The van der Waals surface area contributed by atoms with Gasteiger partial charge in [-0.05, 0) is 0 Å². The third kappa shape index (κ3) is 1.96. The molecule has 2 heterocycles. The van der Waals surface area contributed by atoms with E-state index >= 15 is 0 Å². The highest BCUT2D eigenvalue weighted by Gasteiger charge is 2.34. The van der Waals surface area contributed by atoms with E-state index in [0.717, 1.165) is 0 Å². The molecule has 0 saturated carbocycles. The summed E-state index contributed by atoms with van der Waals surface area (Å²) in [4.78, 5) is 0. The summed E-state index contributed by atoms with van der Waals surface area (Å²) in [7, 11) is -0.226. The van der Waals surface area contributed by atoms with Crippen LogP contribution in [-0.2, 0) is 18.6 Å². The van der Waals surface area contributed by atoms with Crippen molar-refractivity contribution in [3.05, 3.63) is 0 Å². The standard InChI is InChI=1S/C5H10B2O4/c1-2-9-6(8-1)5-7-10-3-4-11-7/h1-5H2. The molecule has 0 amide bonds. The second-order valence-corrected chi connectivity index (χ2v) is 2.58. The highest BCUT2D eigenvalue weighted by molar-refractivity contribution is 6.65. The van der Waals surface area contributed by atoms with Gasteiger partial charge in [0.05, 0.1) is 26.4 Å². The zero-order valence-corrected chi connectivity index (χ0v) is 6.32. The molecule has 0 aliphatic carbocycles. The quantitative estimate of drug-likeness (QED) is 0.509. The smallest absolute Gasteiger partial charge is 0.409 e. The Hall–Kier alpha value is -0.0301. The maximum absolute atomic E-state index is 5.23. The van der Waals surface area contributed by atoms with Crippen LogP contribution >= 0.6 is 0 Å². The SMILES string of the molecule is C1COB(CB2OCCO2)O1. The first kappa shape index (κ1) is 7.61. The lowest BCUT2D eigenvalue weighted by Gasteiger charge is -2.04. The Morgan fingerprint density at radius 3 is 1.45 bits per heavy atom. The van der Waals surface area contributed by atoms with E-state index in [1.807, 2.05) is 0 Å². The van der Waals surface area contributed by atoms with Crippen LogP contribution in [0.15, 0.2) is 0 Å². The Morgan fingerprint density at radius 1 is 0.727 bits per heavy atom. The summed E-state index contributed by atoms with van der Waals surface area (Å²) < 4.78 is 20.9. The summed E-state index contributed by atoms with van der Waals surface area (Å²) >= 11 is 0. The van der Waals surface area contributed by atoms with Gasteiger partial charge in [-0.3, -0.25) is 0 Å². The molecule has 0 unspecified atom stereocenters. The third-order valence-electron chi connectivity index (χ3n) is 1.77. The van der Waals surface area contributed by atoms with Crippen molar-refractivity contribution in [1.82, 2.24) is 0 Å². The van der Waals surface area contributed by atoms with Crippen molar-refractivity contribution in [2.75, 3.05) is 26.4 Å². The van der Waals surface area contributed by atoms with Crippen molar-refractivity contribution in [2.24, 2.45) is 0 Å². The summed E-state index contributed by atoms with van der Waals surface area (Å²) in [5, 5.41) is 0. The van der Waals surface area contributed by atoms with Gasteiger partial charge in [0, 0.05) is 6.22 Å². The van der Waals surface area contributed by atoms with Gasteiger partial charge in [0.1, 0.15) is 0 Å². The molecule has 0 atom stereocenters. The first-order valence-corrected chi connectivity index (χ1v) is 3.91. The summed E-state index contributed by atoms with van der Waals surface area (Å²) in [6.45, 7) is 2.77. The molecular formula is C5H10B2O4. The lowest BCUT2D eigenvalue weighted by molar-refractivity contribution is 0.353. The van der Waals surface area contributed by atoms with Crippen LogP contribution in [0.3, 0.4) is 0 Å². The minimum atomic E-state index is -0.113. The number of hydrogen-bond acceptors (Lipinski definition) is 4. The van der Waals surface area contributed by atoms with E-state index in [9.17, 15) is 0 Å². The predicted molar refractivity (Wildman–Crippen MR) is 40.1 cm³/mol. The first-order chi connectivity index (χ1) is 5.45. The van der Waals surface area contributed by atoms with Crippen molar-refractivity contribution in [3.63, 3.8) is 0 Å². The molecule has 11 heavy (non-hydrogen) atoms. The Morgan fingerprint density at radius 2 is 1.09 bits per heavy atom. The van der Waals surface area contributed by atoms with Crippen LogP contribution in [0, 0.1) is 0 Å². The fraction of sp³-hybridized carbons (Fsp3) is 1.00. The minimum absolute atomic E-state index is 0.113. The van der Waals surface area contributed by atoms with Gasteiger partial charge in [-0.15, -0.1) is 0 Å². The van der Waals surface area contributed by atoms with E-state index in [1.54, 1.807) is 0 Å². The Balaban J connectivity index is 1.71. The molecule has 2 saturated heterocycles. The van der Waals surface area contributed by atoms with Gasteiger partial charge in [0.15, 0.2) is 0 Å². The fourth-order valence-electron chi connectivity index (χ4n) is 1.24. The van der Waals surface area contributed by atoms with Crippen LogP contribution in [0.1, 0.15) is 0 Å². The van der Waals surface area contributed by atoms with E-state index in [1.165, 1.54) is 0 Å². The van der Waals surface area contributed by atoms with Gasteiger partial charge < -0.3 is 18.6 Å². The number of hydrogen-bond donors (Lipinski definition) is 0. The molecule has 0 aromatic carbocycles. The third-order valence-corrected chi connectivity index (χ3v) is 1.77. The van der Waals surface area contributed by atoms with Crippen molar-refractivity contribution in [1.29, 1.82) is 0 Å². The van der Waals surface area contributed by atoms with Crippen LogP contribution in [-0.4, -0.2) is 40.7 Å². The maximum Gasteiger partial charge on any atom is 0.454 e. The van der Waals surface area contributed by atoms with E-state index in [0.29, 0.717) is 32.6 Å². The molecule has 2 aliphatic rings. The van der Waals surface area contributed by atoms with Crippen LogP contribution < -0.4 is 0 Å². The molecule has 0 aromatic rings. The van der Waals surface area contributed by atoms with Crippen LogP contribution in [0.4, 0.5) is 0 Å². The van der Waals surface area contributed by atoms with Gasteiger partial charge in [0.2, 0.25) is 0 Å². The average Bonchev–Trinajstić information content (AvgIpc) is 2.60. The Bertz CT molecular complexity index is 108. The molecule has 0 N–H and O–H groups in total. The molecule has 4 nitrogen and oxygen atoms in total. The molecular weight excluding hydrogens is 146 g/mol. The van der Waals surface area contributed by atoms with Crippen LogP contribution in [0.25, 0.3) is 0 Å². The largest absolute Gasteiger partial charge is 0.454 e. The van der Waals surface area contributed by atoms with E-state index < -0.39 is 0 Å². The monoisotopic (exact) mass is 156 g/mol. The van der Waals surface area contributed by atoms with Crippen molar-refractivity contribution in [3.8, 4) is 0 Å². The normalized spacial score (nSPS) is 25.1. The van der Waals surface area contributed by atoms with Crippen molar-refractivity contribution in [2.45, 2.75) is 6.22 Å². The molecule has 0 radical (unpaired) electrons. The van der Waals surface area contributed by atoms with Crippen LogP contribution in [0.2, 0.25) is 6.22 Å². The lowest BCUT2D eigenvalue weighted by Crippen LogP contribution is -2.26. The van der Waals surface area contributed by atoms with Gasteiger partial charge in [-0.2, -0.15) is 0 Å². The molecule has 2 rings (SSSR count). The predicted octanol–water partition coefficient (Wildman–Crippen LogP) is -0.404. The second kappa shape index (κ2) is 3.58. The molecule has 0 spiro atoms. The van der Waals surface area contributed by atoms with Gasteiger partial charge in [-0.1, -0.05) is 0 Å². The van der Waals surface area contributed by atoms with E-state index in [4.69, 9.17) is 18.6 Å². The van der Waals surface area contributed by atoms with Gasteiger partial charge in [-0.25, -0.2) is 0 Å². The summed E-state index contributed by atoms with van der Waals surface area (Å²) in [6.07, 6.45) is 0.694. The van der Waals surface area contributed by atoms with E-state index in [-0.39, 0.29) is 14.2 Å². The molecule has 2 aliphatic heterocycles. The van der Waals surface area contributed by atoms with Crippen molar-refractivity contribution < 1.29 is 18.6 Å². The fourth-order valence-corrected chi connectivity index (χ4v) is 1.24. The first-order valence-electron chi connectivity index (χ1n) is 3.91. The Kier molecular flexibility index (Phi) is 2.48. The molecule has 2 fully saturated rings. The number of rotatable bonds is 2. The zero-order valence-electron chi connectivity index (χ0n) is 6.32. The zero-order chi connectivity index (χ0) is 7.52. The lowest BCUT2D eigenvalue weighted by atomic mass is 9.64. The molecule has 0 aromatic heterocycles. The second-order valence-electron chi connectivity index (χ2n) is 2.58. The highest BCUT2D eigenvalue weighted by Crippen LogP contribution is 2.11. The van der Waals surface area contributed by atoms with Crippen molar-refractivity contribution >= 4 is 14.2 Å². The Labute approximate surface area is 66.4 Å². The maximum atomic E-state index is 5.23. The van der Waals surface area contributed by atoms with E-state index in [2.05, 4.69) is 0 Å². The summed E-state index contributed by atoms with van der Waals surface area (Å²) in [5.41, 5.74) is 0. The molecule has 6 heteroatoms. The van der Waals surface area contributed by atoms with Gasteiger partial charge in [0.25, 0.3) is 0 Å². The highest BCUT2D eigenvalue weighted by atomic mass is 16.7. The average molecular weight is 156 g/mol. The topological polar surface area (TPSA) is 36.9 Å². The van der Waals surface area contributed by atoms with Gasteiger partial charge >= 0.3 is 14.2 Å². The molecule has 60 valence electrons. The summed E-state index contributed by atoms with van der Waals surface area (Å²) in [5.74, 6) is 0.